The summed E-state index contributed by atoms with van der Waals surface area (Å²) in [7, 11) is 0. The van der Waals surface area contributed by atoms with Gasteiger partial charge >= 0.3 is 0 Å². The largest absolute Gasteiger partial charge is 0.388 e. The monoisotopic (exact) mass is 268 g/mol. The topological polar surface area (TPSA) is 20.2 Å². The van der Waals surface area contributed by atoms with Gasteiger partial charge in [-0.15, -0.1) is 0 Å². The average Bonchev–Trinajstić information content (AvgIpc) is 2.46. The average molecular weight is 268 g/mol. The standard InChI is InChI=1S/C19H24O/c1-14(2)16-8-10-18(11-9-16)19(20)13-12-17-7-5-4-6-15(17)3/h4-11,14,19-20H,12-13H2,1-3H3. The van der Waals surface area contributed by atoms with E-state index >= 15 is 0 Å². The van der Waals surface area contributed by atoms with Gasteiger partial charge in [0.15, 0.2) is 0 Å². The van der Waals surface area contributed by atoms with E-state index in [0.29, 0.717) is 5.92 Å². The first-order valence-electron chi connectivity index (χ1n) is 7.40. The molecule has 0 saturated heterocycles. The molecule has 20 heavy (non-hydrogen) atoms. The lowest BCUT2D eigenvalue weighted by molar-refractivity contribution is 0.168. The van der Waals surface area contributed by atoms with Crippen LogP contribution < -0.4 is 0 Å². The third-order valence-corrected chi connectivity index (χ3v) is 3.94. The van der Waals surface area contributed by atoms with Crippen LogP contribution in [0.1, 0.15) is 54.5 Å². The van der Waals surface area contributed by atoms with Crippen LogP contribution in [0.5, 0.6) is 0 Å². The molecule has 0 fully saturated rings. The molecule has 0 aliphatic carbocycles. The summed E-state index contributed by atoms with van der Waals surface area (Å²) in [5, 5.41) is 10.3. The van der Waals surface area contributed by atoms with Gasteiger partial charge in [-0.25, -0.2) is 0 Å². The predicted octanol–water partition coefficient (Wildman–Crippen LogP) is 4.78. The molecule has 1 unspecified atom stereocenters. The summed E-state index contributed by atoms with van der Waals surface area (Å²) in [6.45, 7) is 6.49. The number of hydrogen-bond donors (Lipinski definition) is 1. The van der Waals surface area contributed by atoms with Crippen LogP contribution in [0.25, 0.3) is 0 Å². The van der Waals surface area contributed by atoms with Crippen molar-refractivity contribution in [2.24, 2.45) is 0 Å². The van der Waals surface area contributed by atoms with E-state index in [9.17, 15) is 5.11 Å². The summed E-state index contributed by atoms with van der Waals surface area (Å²) in [4.78, 5) is 0. The SMILES string of the molecule is Cc1ccccc1CCC(O)c1ccc(C(C)C)cc1. The van der Waals surface area contributed by atoms with Crippen LogP contribution in [-0.2, 0) is 6.42 Å². The van der Waals surface area contributed by atoms with Gasteiger partial charge in [-0.2, -0.15) is 0 Å². The molecule has 1 heteroatoms. The van der Waals surface area contributed by atoms with E-state index < -0.39 is 0 Å². The molecule has 0 aromatic heterocycles. The number of aliphatic hydroxyl groups is 1. The molecule has 2 rings (SSSR count). The van der Waals surface area contributed by atoms with Crippen LogP contribution in [0.3, 0.4) is 0 Å². The van der Waals surface area contributed by atoms with Gasteiger partial charge in [0.1, 0.15) is 0 Å². The molecule has 0 aliphatic rings. The molecule has 2 aromatic carbocycles. The third kappa shape index (κ3) is 3.71. The zero-order chi connectivity index (χ0) is 14.5. The summed E-state index contributed by atoms with van der Waals surface area (Å²) < 4.78 is 0. The quantitative estimate of drug-likeness (QED) is 0.827. The third-order valence-electron chi connectivity index (χ3n) is 3.94. The van der Waals surface area contributed by atoms with Crippen molar-refractivity contribution in [1.29, 1.82) is 0 Å². The highest BCUT2D eigenvalue weighted by Crippen LogP contribution is 2.22. The molecular formula is C19H24O. The van der Waals surface area contributed by atoms with Gasteiger partial charge in [0.05, 0.1) is 6.10 Å². The van der Waals surface area contributed by atoms with Gasteiger partial charge in [0, 0.05) is 0 Å². The van der Waals surface area contributed by atoms with Gasteiger partial charge in [0.2, 0.25) is 0 Å². The van der Waals surface area contributed by atoms with E-state index in [1.54, 1.807) is 0 Å². The maximum atomic E-state index is 10.3. The fraction of sp³-hybridized carbons (Fsp3) is 0.368. The first-order valence-corrected chi connectivity index (χ1v) is 7.40. The van der Waals surface area contributed by atoms with Crippen molar-refractivity contribution in [1.82, 2.24) is 0 Å². The molecule has 2 aromatic rings. The Hall–Kier alpha value is -1.60. The molecule has 0 radical (unpaired) electrons. The Morgan fingerprint density at radius 1 is 0.900 bits per heavy atom. The van der Waals surface area contributed by atoms with Gasteiger partial charge in [-0.05, 0) is 47.9 Å². The highest BCUT2D eigenvalue weighted by Gasteiger charge is 2.09. The maximum Gasteiger partial charge on any atom is 0.0793 e. The predicted molar refractivity (Wildman–Crippen MR) is 85.0 cm³/mol. The molecule has 0 aliphatic heterocycles. The molecule has 0 bridgehead atoms. The van der Waals surface area contributed by atoms with Gasteiger partial charge in [-0.3, -0.25) is 0 Å². The van der Waals surface area contributed by atoms with Crippen molar-refractivity contribution < 1.29 is 5.11 Å². The normalized spacial score (nSPS) is 12.7. The number of benzene rings is 2. The Morgan fingerprint density at radius 2 is 1.50 bits per heavy atom. The Balaban J connectivity index is 1.98. The Kier molecular flexibility index (Phi) is 4.97. The van der Waals surface area contributed by atoms with Crippen LogP contribution in [0.15, 0.2) is 48.5 Å². The summed E-state index contributed by atoms with van der Waals surface area (Å²) >= 11 is 0. The minimum Gasteiger partial charge on any atom is -0.388 e. The number of rotatable bonds is 5. The van der Waals surface area contributed by atoms with Crippen molar-refractivity contribution >= 4 is 0 Å². The molecule has 106 valence electrons. The van der Waals surface area contributed by atoms with Crippen LogP contribution in [0.4, 0.5) is 0 Å². The van der Waals surface area contributed by atoms with Crippen LogP contribution in [0.2, 0.25) is 0 Å². The number of aliphatic hydroxyl groups excluding tert-OH is 1. The van der Waals surface area contributed by atoms with Gasteiger partial charge in [0.25, 0.3) is 0 Å². The first-order chi connectivity index (χ1) is 9.58. The second-order valence-corrected chi connectivity index (χ2v) is 5.80. The van der Waals surface area contributed by atoms with E-state index in [2.05, 4.69) is 69.3 Å². The Morgan fingerprint density at radius 3 is 2.10 bits per heavy atom. The molecule has 1 N–H and O–H groups in total. The Labute approximate surface area is 122 Å². The zero-order valence-corrected chi connectivity index (χ0v) is 12.6. The summed E-state index contributed by atoms with van der Waals surface area (Å²) in [6, 6.07) is 16.7. The maximum absolute atomic E-state index is 10.3. The summed E-state index contributed by atoms with van der Waals surface area (Å²) in [5.41, 5.74) is 4.96. The second kappa shape index (κ2) is 6.71. The Bertz CT molecular complexity index is 540. The van der Waals surface area contributed by atoms with Crippen LogP contribution in [0, 0.1) is 6.92 Å². The second-order valence-electron chi connectivity index (χ2n) is 5.80. The van der Waals surface area contributed by atoms with E-state index in [1.165, 1.54) is 16.7 Å². The first kappa shape index (κ1) is 14.8. The van der Waals surface area contributed by atoms with E-state index in [-0.39, 0.29) is 6.10 Å². The van der Waals surface area contributed by atoms with Crippen molar-refractivity contribution in [3.8, 4) is 0 Å². The van der Waals surface area contributed by atoms with Crippen molar-refractivity contribution in [3.63, 3.8) is 0 Å². The van der Waals surface area contributed by atoms with Crippen LogP contribution in [-0.4, -0.2) is 5.11 Å². The molecule has 0 saturated carbocycles. The highest BCUT2D eigenvalue weighted by molar-refractivity contribution is 5.28. The van der Waals surface area contributed by atoms with Gasteiger partial charge in [-0.1, -0.05) is 62.4 Å². The number of aryl methyl sites for hydroxylation is 2. The van der Waals surface area contributed by atoms with E-state index in [4.69, 9.17) is 0 Å². The van der Waals surface area contributed by atoms with Crippen molar-refractivity contribution in [3.05, 3.63) is 70.8 Å². The lowest BCUT2D eigenvalue weighted by Crippen LogP contribution is -2.01. The van der Waals surface area contributed by atoms with Gasteiger partial charge < -0.3 is 5.11 Å². The van der Waals surface area contributed by atoms with E-state index in [0.717, 1.165) is 18.4 Å². The zero-order valence-electron chi connectivity index (χ0n) is 12.6. The minimum absolute atomic E-state index is 0.379. The number of hydrogen-bond acceptors (Lipinski definition) is 1. The highest BCUT2D eigenvalue weighted by atomic mass is 16.3. The molecule has 0 heterocycles. The molecular weight excluding hydrogens is 244 g/mol. The molecule has 0 spiro atoms. The lowest BCUT2D eigenvalue weighted by Gasteiger charge is -2.13. The lowest BCUT2D eigenvalue weighted by atomic mass is 9.96. The smallest absolute Gasteiger partial charge is 0.0793 e. The molecule has 0 amide bonds. The van der Waals surface area contributed by atoms with E-state index in [1.807, 2.05) is 0 Å². The fourth-order valence-corrected chi connectivity index (χ4v) is 2.45. The molecule has 1 atom stereocenters. The minimum atomic E-state index is -0.379. The molecule has 1 nitrogen and oxygen atoms in total. The van der Waals surface area contributed by atoms with Crippen LogP contribution >= 0.6 is 0 Å². The fourth-order valence-electron chi connectivity index (χ4n) is 2.45. The summed E-state index contributed by atoms with van der Waals surface area (Å²) in [6.07, 6.45) is 1.31. The summed E-state index contributed by atoms with van der Waals surface area (Å²) in [5.74, 6) is 0.535. The van der Waals surface area contributed by atoms with Crippen molar-refractivity contribution in [2.45, 2.75) is 45.6 Å². The van der Waals surface area contributed by atoms with Crippen molar-refractivity contribution in [2.75, 3.05) is 0 Å².